The molecule has 0 N–H and O–H groups in total. The second-order valence-corrected chi connectivity index (χ2v) is 8.33. The Labute approximate surface area is 83.7 Å². The van der Waals surface area contributed by atoms with Gasteiger partial charge in [-0.05, 0) is 40.3 Å². The van der Waals surface area contributed by atoms with Gasteiger partial charge in [-0.15, -0.1) is 13.2 Å². The molecule has 0 atom stereocenters. The Morgan fingerprint density at radius 1 is 0.923 bits per heavy atom. The predicted octanol–water partition coefficient (Wildman–Crippen LogP) is 1.92. The first-order valence-corrected chi connectivity index (χ1v) is 6.88. The minimum Gasteiger partial charge on any atom is -0.317 e. The highest BCUT2D eigenvalue weighted by molar-refractivity contribution is 6.75. The van der Waals surface area contributed by atoms with Crippen molar-refractivity contribution in [3.63, 3.8) is 0 Å². The highest BCUT2D eigenvalue weighted by atomic mass is 28.3. The van der Waals surface area contributed by atoms with Gasteiger partial charge in [-0.3, -0.25) is 0 Å². The number of nitrogens with zero attached hydrogens (tertiary/aromatic N) is 2. The molecule has 0 rings (SSSR count). The van der Waals surface area contributed by atoms with Crippen molar-refractivity contribution < 1.29 is 0 Å². The van der Waals surface area contributed by atoms with E-state index in [2.05, 4.69) is 50.5 Å². The zero-order valence-electron chi connectivity index (χ0n) is 9.38. The van der Waals surface area contributed by atoms with Crippen LogP contribution in [0.1, 0.15) is 0 Å². The average molecular weight is 198 g/mol. The second-order valence-electron chi connectivity index (χ2n) is 3.76. The molecule has 0 aliphatic rings. The second kappa shape index (κ2) is 5.37. The summed E-state index contributed by atoms with van der Waals surface area (Å²) in [6, 6.07) is 2.16. The third kappa shape index (κ3) is 2.79. The lowest BCUT2D eigenvalue weighted by Gasteiger charge is -2.41. The highest BCUT2D eigenvalue weighted by Gasteiger charge is 2.36. The van der Waals surface area contributed by atoms with Crippen molar-refractivity contribution in [3.05, 3.63) is 25.3 Å². The smallest absolute Gasteiger partial charge is 0.213 e. The van der Waals surface area contributed by atoms with E-state index in [0.717, 1.165) is 12.1 Å². The minimum atomic E-state index is -1.52. The van der Waals surface area contributed by atoms with Gasteiger partial charge < -0.3 is 9.13 Å². The van der Waals surface area contributed by atoms with Gasteiger partial charge >= 0.3 is 0 Å². The predicted molar refractivity (Wildman–Crippen MR) is 63.1 cm³/mol. The zero-order valence-corrected chi connectivity index (χ0v) is 10.4. The first kappa shape index (κ1) is 12.6. The molecular formula is C10H22N2Si. The summed E-state index contributed by atoms with van der Waals surface area (Å²) in [7, 11) is 7.09. The normalized spacial score (nSPS) is 12.2. The Kier molecular flexibility index (Phi) is 5.21. The summed E-state index contributed by atoms with van der Waals surface area (Å²) in [5.41, 5.74) is 0. The maximum Gasteiger partial charge on any atom is 0.213 e. The number of rotatable bonds is 6. The van der Waals surface area contributed by atoms with Crippen LogP contribution in [0.15, 0.2) is 25.3 Å². The van der Waals surface area contributed by atoms with E-state index in [4.69, 9.17) is 0 Å². The number of allylic oxidation sites excluding steroid dienone is 2. The van der Waals surface area contributed by atoms with Crippen LogP contribution in [0.2, 0.25) is 12.1 Å². The molecule has 3 heteroatoms. The lowest BCUT2D eigenvalue weighted by Crippen LogP contribution is -2.59. The van der Waals surface area contributed by atoms with E-state index in [9.17, 15) is 0 Å². The van der Waals surface area contributed by atoms with Gasteiger partial charge in [-0.1, -0.05) is 12.2 Å². The molecule has 0 saturated heterocycles. The van der Waals surface area contributed by atoms with Crippen LogP contribution in [0.4, 0.5) is 0 Å². The largest absolute Gasteiger partial charge is 0.317 e. The molecule has 0 heterocycles. The molecule has 0 unspecified atom stereocenters. The van der Waals surface area contributed by atoms with Crippen LogP contribution in [-0.2, 0) is 0 Å². The molecule has 0 aromatic heterocycles. The van der Waals surface area contributed by atoms with E-state index in [0.29, 0.717) is 0 Å². The molecule has 0 spiro atoms. The Morgan fingerprint density at radius 3 is 1.38 bits per heavy atom. The van der Waals surface area contributed by atoms with E-state index in [1.165, 1.54) is 0 Å². The summed E-state index contributed by atoms with van der Waals surface area (Å²) in [6.07, 6.45) is 4.05. The molecule has 76 valence electrons. The van der Waals surface area contributed by atoms with Crippen molar-refractivity contribution in [3.8, 4) is 0 Å². The monoisotopic (exact) mass is 198 g/mol. The Morgan fingerprint density at radius 2 is 1.23 bits per heavy atom. The van der Waals surface area contributed by atoms with Gasteiger partial charge in [0.25, 0.3) is 0 Å². The van der Waals surface area contributed by atoms with Gasteiger partial charge in [0.1, 0.15) is 0 Å². The lowest BCUT2D eigenvalue weighted by molar-refractivity contribution is 0.483. The topological polar surface area (TPSA) is 6.48 Å². The summed E-state index contributed by atoms with van der Waals surface area (Å²) in [6.45, 7) is 7.68. The molecule has 0 amide bonds. The quantitative estimate of drug-likeness (QED) is 0.475. The maximum absolute atomic E-state index is 3.84. The molecule has 0 fully saturated rings. The molecule has 0 radical (unpaired) electrons. The zero-order chi connectivity index (χ0) is 10.5. The van der Waals surface area contributed by atoms with Gasteiger partial charge in [-0.25, -0.2) is 0 Å². The Balaban J connectivity index is 4.78. The van der Waals surface area contributed by atoms with Gasteiger partial charge in [0, 0.05) is 0 Å². The molecule has 0 aromatic rings. The fraction of sp³-hybridized carbons (Fsp3) is 0.600. The van der Waals surface area contributed by atoms with E-state index in [1.54, 1.807) is 0 Å². The van der Waals surface area contributed by atoms with E-state index < -0.39 is 8.40 Å². The molecule has 0 bridgehead atoms. The molecule has 0 saturated carbocycles. The van der Waals surface area contributed by atoms with Crippen LogP contribution in [0.3, 0.4) is 0 Å². The standard InChI is InChI=1S/C10H22N2Si/c1-7-9-13(10-8-2,11(3)4)12(5)6/h7-8H,1-2,9-10H2,3-6H3. The van der Waals surface area contributed by atoms with E-state index >= 15 is 0 Å². The van der Waals surface area contributed by atoms with Gasteiger partial charge in [0.15, 0.2) is 0 Å². The first-order valence-electron chi connectivity index (χ1n) is 4.58. The maximum atomic E-state index is 3.84. The van der Waals surface area contributed by atoms with Crippen molar-refractivity contribution in [2.24, 2.45) is 0 Å². The van der Waals surface area contributed by atoms with Crippen molar-refractivity contribution in [1.29, 1.82) is 0 Å². The molecule has 13 heavy (non-hydrogen) atoms. The Hall–Kier alpha value is -0.383. The summed E-state index contributed by atoms with van der Waals surface area (Å²) in [5, 5.41) is 0. The van der Waals surface area contributed by atoms with E-state index in [-0.39, 0.29) is 0 Å². The lowest BCUT2D eigenvalue weighted by atomic mass is 10.7. The van der Waals surface area contributed by atoms with Gasteiger partial charge in [-0.2, -0.15) is 0 Å². The van der Waals surface area contributed by atoms with Gasteiger partial charge in [0.05, 0.1) is 0 Å². The van der Waals surface area contributed by atoms with Gasteiger partial charge in [0.2, 0.25) is 8.40 Å². The van der Waals surface area contributed by atoms with Crippen LogP contribution in [0.5, 0.6) is 0 Å². The van der Waals surface area contributed by atoms with E-state index in [1.807, 2.05) is 12.2 Å². The third-order valence-corrected chi connectivity index (χ3v) is 7.82. The van der Waals surface area contributed by atoms with Crippen LogP contribution in [0, 0.1) is 0 Å². The van der Waals surface area contributed by atoms with Crippen molar-refractivity contribution >= 4 is 8.40 Å². The average Bonchev–Trinajstić information content (AvgIpc) is 2.03. The summed E-state index contributed by atoms with van der Waals surface area (Å²) in [5.74, 6) is 0. The molecule has 0 aliphatic carbocycles. The summed E-state index contributed by atoms with van der Waals surface area (Å²) in [4.78, 5) is 0. The molecular weight excluding hydrogens is 176 g/mol. The summed E-state index contributed by atoms with van der Waals surface area (Å²) < 4.78 is 4.72. The Bertz CT molecular complexity index is 156. The first-order chi connectivity index (χ1) is 6.01. The van der Waals surface area contributed by atoms with Crippen LogP contribution in [0.25, 0.3) is 0 Å². The third-order valence-electron chi connectivity index (χ3n) is 2.61. The number of hydrogen-bond acceptors (Lipinski definition) is 2. The van der Waals surface area contributed by atoms with Crippen molar-refractivity contribution in [2.45, 2.75) is 12.1 Å². The van der Waals surface area contributed by atoms with Crippen LogP contribution >= 0.6 is 0 Å². The fourth-order valence-corrected chi connectivity index (χ4v) is 5.03. The van der Waals surface area contributed by atoms with Crippen molar-refractivity contribution in [1.82, 2.24) is 9.13 Å². The van der Waals surface area contributed by atoms with Crippen LogP contribution in [-0.4, -0.2) is 45.7 Å². The molecule has 2 nitrogen and oxygen atoms in total. The van der Waals surface area contributed by atoms with Crippen LogP contribution < -0.4 is 0 Å². The number of hydrogen-bond donors (Lipinski definition) is 0. The minimum absolute atomic E-state index is 1.08. The molecule has 0 aromatic carbocycles. The molecule has 0 aliphatic heterocycles. The highest BCUT2D eigenvalue weighted by Crippen LogP contribution is 2.21. The van der Waals surface area contributed by atoms with Crippen molar-refractivity contribution in [2.75, 3.05) is 28.2 Å². The fourth-order valence-electron chi connectivity index (χ4n) is 1.68. The SMILES string of the molecule is C=CC[Si](CC=C)(N(C)C)N(C)C. The summed E-state index contributed by atoms with van der Waals surface area (Å²) >= 11 is 0.